The van der Waals surface area contributed by atoms with Gasteiger partial charge in [-0.25, -0.2) is 4.79 Å². The molecule has 0 aliphatic carbocycles. The molecule has 1 rings (SSSR count). The fourth-order valence-electron chi connectivity index (χ4n) is 1.17. The van der Waals surface area contributed by atoms with Gasteiger partial charge in [-0.15, -0.1) is 6.42 Å². The predicted octanol–water partition coefficient (Wildman–Crippen LogP) is 2.26. The van der Waals surface area contributed by atoms with Crippen LogP contribution in [0, 0.1) is 12.3 Å². The molecule has 1 aromatic carbocycles. The first-order chi connectivity index (χ1) is 7.69. The van der Waals surface area contributed by atoms with Crippen LogP contribution in [0.5, 0.6) is 5.75 Å². The van der Waals surface area contributed by atoms with E-state index in [0.29, 0.717) is 17.9 Å². The molecule has 0 amide bonds. The summed E-state index contributed by atoms with van der Waals surface area (Å²) >= 11 is 0. The standard InChI is InChI=1S/C13H14O3/c1-4-10(3)16-13(14)11-8-6-7-9-12(11)15-5-2/h1,6-10H,5H2,2-3H3. The quantitative estimate of drug-likeness (QED) is 0.574. The minimum absolute atomic E-state index is 0.395. The molecule has 0 spiro atoms. The van der Waals surface area contributed by atoms with Crippen LogP contribution in [0.2, 0.25) is 0 Å². The van der Waals surface area contributed by atoms with Gasteiger partial charge in [-0.2, -0.15) is 0 Å². The smallest absolute Gasteiger partial charge is 0.343 e. The highest BCUT2D eigenvalue weighted by atomic mass is 16.5. The van der Waals surface area contributed by atoms with Crippen LogP contribution in [-0.4, -0.2) is 18.7 Å². The summed E-state index contributed by atoms with van der Waals surface area (Å²) in [4.78, 5) is 11.7. The molecule has 1 unspecified atom stereocenters. The molecule has 84 valence electrons. The Labute approximate surface area is 95.4 Å². The SMILES string of the molecule is C#CC(C)OC(=O)c1ccccc1OCC. The zero-order valence-electron chi connectivity index (χ0n) is 9.40. The second kappa shape index (κ2) is 5.82. The van der Waals surface area contributed by atoms with Crippen LogP contribution in [-0.2, 0) is 4.74 Å². The Morgan fingerprint density at radius 2 is 2.19 bits per heavy atom. The van der Waals surface area contributed by atoms with E-state index in [1.54, 1.807) is 31.2 Å². The van der Waals surface area contributed by atoms with E-state index >= 15 is 0 Å². The highest BCUT2D eigenvalue weighted by Crippen LogP contribution is 2.19. The van der Waals surface area contributed by atoms with Gasteiger partial charge in [0.15, 0.2) is 6.10 Å². The fourth-order valence-corrected chi connectivity index (χ4v) is 1.17. The Hall–Kier alpha value is -1.95. The topological polar surface area (TPSA) is 35.5 Å². The number of para-hydroxylation sites is 1. The molecule has 0 bridgehead atoms. The summed E-state index contributed by atoms with van der Waals surface area (Å²) < 4.78 is 10.3. The lowest BCUT2D eigenvalue weighted by Gasteiger charge is -2.11. The third-order valence-corrected chi connectivity index (χ3v) is 1.93. The average Bonchev–Trinajstić information content (AvgIpc) is 2.30. The van der Waals surface area contributed by atoms with Gasteiger partial charge in [-0.1, -0.05) is 18.1 Å². The Bertz CT molecular complexity index is 404. The lowest BCUT2D eigenvalue weighted by molar-refractivity contribution is 0.0434. The number of carbonyl (C=O) groups excluding carboxylic acids is 1. The molecular weight excluding hydrogens is 204 g/mol. The number of esters is 1. The maximum atomic E-state index is 11.7. The van der Waals surface area contributed by atoms with Gasteiger partial charge in [0.1, 0.15) is 11.3 Å². The van der Waals surface area contributed by atoms with E-state index in [-0.39, 0.29) is 0 Å². The Morgan fingerprint density at radius 1 is 1.50 bits per heavy atom. The molecule has 0 saturated carbocycles. The first-order valence-electron chi connectivity index (χ1n) is 5.08. The van der Waals surface area contributed by atoms with Gasteiger partial charge in [-0.3, -0.25) is 0 Å². The zero-order valence-corrected chi connectivity index (χ0v) is 9.40. The molecular formula is C13H14O3. The summed E-state index contributed by atoms with van der Waals surface area (Å²) in [5.74, 6) is 2.38. The van der Waals surface area contributed by atoms with E-state index in [0.717, 1.165) is 0 Å². The minimum Gasteiger partial charge on any atom is -0.493 e. The molecule has 0 aromatic heterocycles. The number of terminal acetylenes is 1. The zero-order chi connectivity index (χ0) is 12.0. The van der Waals surface area contributed by atoms with Crippen molar-refractivity contribution in [2.24, 2.45) is 0 Å². The maximum absolute atomic E-state index is 11.7. The van der Waals surface area contributed by atoms with Crippen LogP contribution in [0.1, 0.15) is 24.2 Å². The summed E-state index contributed by atoms with van der Waals surface area (Å²) in [6.07, 6.45) is 4.60. The summed E-state index contributed by atoms with van der Waals surface area (Å²) in [7, 11) is 0. The second-order valence-corrected chi connectivity index (χ2v) is 3.14. The number of benzene rings is 1. The molecule has 0 aliphatic rings. The Kier molecular flexibility index (Phi) is 4.41. The molecule has 1 atom stereocenters. The van der Waals surface area contributed by atoms with E-state index < -0.39 is 12.1 Å². The van der Waals surface area contributed by atoms with Gasteiger partial charge in [0.25, 0.3) is 0 Å². The number of carbonyl (C=O) groups is 1. The number of hydrogen-bond acceptors (Lipinski definition) is 3. The van der Waals surface area contributed by atoms with Crippen LogP contribution < -0.4 is 4.74 Å². The largest absolute Gasteiger partial charge is 0.493 e. The molecule has 0 saturated heterocycles. The van der Waals surface area contributed by atoms with Gasteiger partial charge in [0.2, 0.25) is 0 Å². The van der Waals surface area contributed by atoms with E-state index in [1.165, 1.54) is 0 Å². The molecule has 0 radical (unpaired) electrons. The van der Waals surface area contributed by atoms with Crippen LogP contribution in [0.3, 0.4) is 0 Å². The van der Waals surface area contributed by atoms with Crippen LogP contribution in [0.25, 0.3) is 0 Å². The number of ether oxygens (including phenoxy) is 2. The van der Waals surface area contributed by atoms with Gasteiger partial charge >= 0.3 is 5.97 Å². The van der Waals surface area contributed by atoms with Gasteiger partial charge in [-0.05, 0) is 26.0 Å². The van der Waals surface area contributed by atoms with Crippen molar-refractivity contribution in [3.05, 3.63) is 29.8 Å². The fraction of sp³-hybridized carbons (Fsp3) is 0.308. The first-order valence-corrected chi connectivity index (χ1v) is 5.08. The molecule has 0 N–H and O–H groups in total. The summed E-state index contributed by atoms with van der Waals surface area (Å²) in [5, 5.41) is 0. The van der Waals surface area contributed by atoms with E-state index in [1.807, 2.05) is 6.92 Å². The highest BCUT2D eigenvalue weighted by molar-refractivity contribution is 5.92. The molecule has 1 aromatic rings. The summed E-state index contributed by atoms with van der Waals surface area (Å²) in [6.45, 7) is 3.99. The van der Waals surface area contributed by atoms with Crippen LogP contribution in [0.4, 0.5) is 0 Å². The third kappa shape index (κ3) is 3.03. The van der Waals surface area contributed by atoms with Crippen molar-refractivity contribution in [2.45, 2.75) is 20.0 Å². The lowest BCUT2D eigenvalue weighted by Crippen LogP contribution is -2.14. The molecule has 0 aliphatic heterocycles. The normalized spacial score (nSPS) is 11.3. The molecule has 3 heteroatoms. The molecule has 0 heterocycles. The van der Waals surface area contributed by atoms with Crippen molar-refractivity contribution in [3.63, 3.8) is 0 Å². The first kappa shape index (κ1) is 12.1. The second-order valence-electron chi connectivity index (χ2n) is 3.14. The van der Waals surface area contributed by atoms with Crippen molar-refractivity contribution in [3.8, 4) is 18.1 Å². The summed E-state index contributed by atoms with van der Waals surface area (Å²) in [6, 6.07) is 6.92. The van der Waals surface area contributed by atoms with E-state index in [2.05, 4.69) is 5.92 Å². The van der Waals surface area contributed by atoms with Gasteiger partial charge in [0, 0.05) is 0 Å². The van der Waals surface area contributed by atoms with Crippen LogP contribution >= 0.6 is 0 Å². The monoisotopic (exact) mass is 218 g/mol. The van der Waals surface area contributed by atoms with Crippen molar-refractivity contribution < 1.29 is 14.3 Å². The van der Waals surface area contributed by atoms with Crippen molar-refractivity contribution in [1.82, 2.24) is 0 Å². The van der Waals surface area contributed by atoms with Crippen molar-refractivity contribution >= 4 is 5.97 Å². The molecule has 16 heavy (non-hydrogen) atoms. The number of hydrogen-bond donors (Lipinski definition) is 0. The lowest BCUT2D eigenvalue weighted by atomic mass is 10.2. The molecule has 0 fully saturated rings. The summed E-state index contributed by atoms with van der Waals surface area (Å²) in [5.41, 5.74) is 0.395. The Morgan fingerprint density at radius 3 is 2.81 bits per heavy atom. The van der Waals surface area contributed by atoms with Gasteiger partial charge in [0.05, 0.1) is 6.61 Å². The van der Waals surface area contributed by atoms with Gasteiger partial charge < -0.3 is 9.47 Å². The van der Waals surface area contributed by atoms with Crippen molar-refractivity contribution in [2.75, 3.05) is 6.61 Å². The highest BCUT2D eigenvalue weighted by Gasteiger charge is 2.14. The van der Waals surface area contributed by atoms with E-state index in [4.69, 9.17) is 15.9 Å². The molecule has 3 nitrogen and oxygen atoms in total. The predicted molar refractivity (Wildman–Crippen MR) is 61.3 cm³/mol. The van der Waals surface area contributed by atoms with E-state index in [9.17, 15) is 4.79 Å². The average molecular weight is 218 g/mol. The maximum Gasteiger partial charge on any atom is 0.343 e. The minimum atomic E-state index is -0.540. The Balaban J connectivity index is 2.86. The number of rotatable bonds is 4. The van der Waals surface area contributed by atoms with Crippen LogP contribution in [0.15, 0.2) is 24.3 Å². The third-order valence-electron chi connectivity index (χ3n) is 1.93. The van der Waals surface area contributed by atoms with Crippen molar-refractivity contribution in [1.29, 1.82) is 0 Å².